The van der Waals surface area contributed by atoms with Crippen molar-refractivity contribution in [3.63, 3.8) is 0 Å². The van der Waals surface area contributed by atoms with Gasteiger partial charge in [-0.25, -0.2) is 18.4 Å². The maximum absolute atomic E-state index is 11.3. The topological polar surface area (TPSA) is 114 Å². The smallest absolute Gasteiger partial charge is 0.229 e. The van der Waals surface area contributed by atoms with Crippen molar-refractivity contribution in [3.05, 3.63) is 48.8 Å². The minimum atomic E-state index is -3.29. The van der Waals surface area contributed by atoms with Crippen molar-refractivity contribution < 1.29 is 8.42 Å². The average molecular weight is 353 g/mol. The van der Waals surface area contributed by atoms with Gasteiger partial charge in [0.25, 0.3) is 0 Å². The summed E-state index contributed by atoms with van der Waals surface area (Å²) in [5.74, 6) is 0.454. The number of H-pyrrole nitrogens is 1. The Labute approximate surface area is 144 Å². The van der Waals surface area contributed by atoms with Gasteiger partial charge in [0.1, 0.15) is 11.5 Å². The van der Waals surface area contributed by atoms with Crippen LogP contribution in [0, 0.1) is 0 Å². The van der Waals surface area contributed by atoms with Gasteiger partial charge in [-0.15, -0.1) is 0 Å². The summed E-state index contributed by atoms with van der Waals surface area (Å²) in [5, 5.41) is 1.92. The summed E-state index contributed by atoms with van der Waals surface area (Å²) < 4.78 is 25.0. The van der Waals surface area contributed by atoms with Gasteiger partial charge in [-0.05, 0) is 29.8 Å². The second-order valence-corrected chi connectivity index (χ2v) is 7.60. The Kier molecular flexibility index (Phi) is 3.36. The first-order valence-corrected chi connectivity index (χ1v) is 9.39. The van der Waals surface area contributed by atoms with Crippen LogP contribution in [0.1, 0.15) is 0 Å². The Balaban J connectivity index is 1.78. The average Bonchev–Trinajstić information content (AvgIpc) is 2.91. The molecule has 0 amide bonds. The van der Waals surface area contributed by atoms with E-state index in [9.17, 15) is 8.42 Å². The molecule has 0 aliphatic heterocycles. The van der Waals surface area contributed by atoms with Gasteiger partial charge >= 0.3 is 0 Å². The highest BCUT2D eigenvalue weighted by Crippen LogP contribution is 2.29. The molecular weight excluding hydrogens is 338 g/mol. The largest absolute Gasteiger partial charge is 0.384 e. The zero-order valence-corrected chi connectivity index (χ0v) is 14.1. The van der Waals surface area contributed by atoms with Crippen LogP contribution in [0.5, 0.6) is 0 Å². The number of pyridine rings is 2. The lowest BCUT2D eigenvalue weighted by molar-refractivity contribution is 0.607. The fourth-order valence-electron chi connectivity index (χ4n) is 2.79. The minimum Gasteiger partial charge on any atom is -0.384 e. The number of aromatic amines is 1. The second kappa shape index (κ2) is 5.45. The van der Waals surface area contributed by atoms with Gasteiger partial charge in [0, 0.05) is 28.2 Å². The van der Waals surface area contributed by atoms with Crippen molar-refractivity contribution in [2.75, 3.05) is 16.7 Å². The highest BCUT2D eigenvalue weighted by atomic mass is 32.2. The molecule has 126 valence electrons. The van der Waals surface area contributed by atoms with Crippen molar-refractivity contribution >= 4 is 43.5 Å². The third kappa shape index (κ3) is 2.99. The van der Waals surface area contributed by atoms with Gasteiger partial charge in [0.15, 0.2) is 0 Å². The summed E-state index contributed by atoms with van der Waals surface area (Å²) >= 11 is 0. The molecule has 0 radical (unpaired) electrons. The highest BCUT2D eigenvalue weighted by molar-refractivity contribution is 7.92. The van der Waals surface area contributed by atoms with Crippen molar-refractivity contribution in [1.29, 1.82) is 0 Å². The van der Waals surface area contributed by atoms with E-state index in [1.807, 2.05) is 24.3 Å². The molecule has 0 unspecified atom stereocenters. The fourth-order valence-corrected chi connectivity index (χ4v) is 3.36. The number of nitrogens with zero attached hydrogens (tertiary/aromatic N) is 2. The maximum atomic E-state index is 11.3. The first-order chi connectivity index (χ1) is 11.9. The number of rotatable bonds is 3. The molecular formula is C17H15N5O2S. The third-order valence-electron chi connectivity index (χ3n) is 3.88. The predicted octanol–water partition coefficient (Wildman–Crippen LogP) is 2.73. The normalized spacial score (nSPS) is 11.9. The SMILES string of the molecule is CS(=O)(=O)Nc1ccc(-c2cnc3[nH]c4cnc(N)cc4c3c2)cc1. The number of anilines is 2. The van der Waals surface area contributed by atoms with Gasteiger partial charge in [0.05, 0.1) is 18.0 Å². The molecule has 0 bridgehead atoms. The molecule has 4 rings (SSSR count). The Bertz CT molecular complexity index is 1200. The summed E-state index contributed by atoms with van der Waals surface area (Å²) in [4.78, 5) is 11.8. The van der Waals surface area contributed by atoms with Gasteiger partial charge in [-0.1, -0.05) is 12.1 Å². The fraction of sp³-hybridized carbons (Fsp3) is 0.0588. The van der Waals surface area contributed by atoms with Gasteiger partial charge in [-0.2, -0.15) is 0 Å². The van der Waals surface area contributed by atoms with Crippen LogP contribution in [0.4, 0.5) is 11.5 Å². The zero-order chi connectivity index (χ0) is 17.6. The van der Waals surface area contributed by atoms with E-state index < -0.39 is 10.0 Å². The van der Waals surface area contributed by atoms with Crippen LogP contribution in [-0.2, 0) is 10.0 Å². The van der Waals surface area contributed by atoms with Crippen molar-refractivity contribution in [2.45, 2.75) is 0 Å². The number of benzene rings is 1. The van der Waals surface area contributed by atoms with Crippen molar-refractivity contribution in [1.82, 2.24) is 15.0 Å². The summed E-state index contributed by atoms with van der Waals surface area (Å²) in [5.41, 5.74) is 9.81. The van der Waals surface area contributed by atoms with Crippen molar-refractivity contribution in [2.24, 2.45) is 0 Å². The number of sulfonamides is 1. The number of aromatic nitrogens is 3. The molecule has 0 aliphatic carbocycles. The molecule has 7 nitrogen and oxygen atoms in total. The quantitative estimate of drug-likeness (QED) is 0.524. The molecule has 4 aromatic rings. The van der Waals surface area contributed by atoms with E-state index >= 15 is 0 Å². The van der Waals surface area contributed by atoms with Crippen LogP contribution in [0.3, 0.4) is 0 Å². The van der Waals surface area contributed by atoms with Crippen LogP contribution >= 0.6 is 0 Å². The molecule has 0 saturated heterocycles. The Morgan fingerprint density at radius 3 is 2.48 bits per heavy atom. The molecule has 3 aromatic heterocycles. The third-order valence-corrected chi connectivity index (χ3v) is 4.48. The van der Waals surface area contributed by atoms with Crippen LogP contribution < -0.4 is 10.5 Å². The van der Waals surface area contributed by atoms with Crippen LogP contribution in [0.15, 0.2) is 48.8 Å². The first-order valence-electron chi connectivity index (χ1n) is 7.50. The number of nitrogen functional groups attached to an aromatic ring is 1. The standard InChI is InChI=1S/C17H15N5O2S/c1-25(23,24)22-12-4-2-10(3-5-12)11-6-14-13-7-16(18)19-9-15(13)21-17(14)20-8-11/h2-9,22H,1H3,(H2,18,19)(H,20,21). The summed E-state index contributed by atoms with van der Waals surface area (Å²) in [7, 11) is -3.29. The predicted molar refractivity (Wildman–Crippen MR) is 99.7 cm³/mol. The van der Waals surface area contributed by atoms with Crippen LogP contribution in [0.2, 0.25) is 0 Å². The van der Waals surface area contributed by atoms with E-state index in [0.29, 0.717) is 11.5 Å². The molecule has 0 fully saturated rings. The molecule has 8 heteroatoms. The Morgan fingerprint density at radius 2 is 1.76 bits per heavy atom. The number of hydrogen-bond acceptors (Lipinski definition) is 5. The van der Waals surface area contributed by atoms with E-state index in [1.165, 1.54) is 0 Å². The zero-order valence-electron chi connectivity index (χ0n) is 13.3. The molecule has 0 saturated carbocycles. The number of nitrogens with two attached hydrogens (primary N) is 1. The van der Waals surface area contributed by atoms with Crippen LogP contribution in [0.25, 0.3) is 33.1 Å². The second-order valence-electron chi connectivity index (χ2n) is 5.85. The number of fused-ring (bicyclic) bond motifs is 3. The molecule has 3 heterocycles. The summed E-state index contributed by atoms with van der Waals surface area (Å²) in [6, 6.07) is 11.0. The highest BCUT2D eigenvalue weighted by Gasteiger charge is 2.09. The minimum absolute atomic E-state index is 0.454. The Hall–Kier alpha value is -3.13. The summed E-state index contributed by atoms with van der Waals surface area (Å²) in [6.07, 6.45) is 4.58. The number of nitrogens with one attached hydrogen (secondary N) is 2. The first kappa shape index (κ1) is 15.4. The van der Waals surface area contributed by atoms with Crippen LogP contribution in [-0.4, -0.2) is 29.6 Å². The van der Waals surface area contributed by atoms with E-state index in [0.717, 1.165) is 39.3 Å². The lowest BCUT2D eigenvalue weighted by atomic mass is 10.1. The molecule has 4 N–H and O–H groups in total. The molecule has 0 aliphatic rings. The monoisotopic (exact) mass is 353 g/mol. The molecule has 0 atom stereocenters. The molecule has 25 heavy (non-hydrogen) atoms. The molecule has 0 spiro atoms. The van der Waals surface area contributed by atoms with Crippen molar-refractivity contribution in [3.8, 4) is 11.1 Å². The van der Waals surface area contributed by atoms with E-state index in [-0.39, 0.29) is 0 Å². The van der Waals surface area contributed by atoms with E-state index in [2.05, 4.69) is 19.7 Å². The van der Waals surface area contributed by atoms with Gasteiger partial charge < -0.3 is 10.7 Å². The lowest BCUT2D eigenvalue weighted by Crippen LogP contribution is -2.09. The van der Waals surface area contributed by atoms with Gasteiger partial charge in [0.2, 0.25) is 10.0 Å². The van der Waals surface area contributed by atoms with E-state index in [1.54, 1.807) is 24.5 Å². The van der Waals surface area contributed by atoms with Gasteiger partial charge in [-0.3, -0.25) is 4.72 Å². The Morgan fingerprint density at radius 1 is 1.00 bits per heavy atom. The number of hydrogen-bond donors (Lipinski definition) is 3. The molecule has 1 aromatic carbocycles. The van der Waals surface area contributed by atoms with E-state index in [4.69, 9.17) is 5.73 Å². The maximum Gasteiger partial charge on any atom is 0.229 e. The summed E-state index contributed by atoms with van der Waals surface area (Å²) in [6.45, 7) is 0. The lowest BCUT2D eigenvalue weighted by Gasteiger charge is -2.06.